The Balaban J connectivity index is 1.71. The van der Waals surface area contributed by atoms with Gasteiger partial charge in [-0.05, 0) is 30.6 Å². The van der Waals surface area contributed by atoms with Crippen molar-refractivity contribution < 1.29 is 9.47 Å². The zero-order valence-electron chi connectivity index (χ0n) is 6.90. The molecule has 0 aromatic carbocycles. The van der Waals surface area contributed by atoms with Crippen molar-refractivity contribution in [2.45, 2.75) is 43.2 Å². The molecule has 12 heavy (non-hydrogen) atoms. The van der Waals surface area contributed by atoms with Crippen LogP contribution < -0.4 is 0 Å². The van der Waals surface area contributed by atoms with Crippen LogP contribution >= 0.6 is 0 Å². The molecule has 3 aliphatic carbocycles. The van der Waals surface area contributed by atoms with Crippen LogP contribution in [0.15, 0.2) is 0 Å². The first-order valence-electron chi connectivity index (χ1n) is 5.21. The Bertz CT molecular complexity index is 282. The molecule has 3 saturated carbocycles. The van der Waals surface area contributed by atoms with Gasteiger partial charge in [-0.1, -0.05) is 0 Å². The molecule has 0 aromatic rings. The predicted octanol–water partition coefficient (Wildman–Crippen LogP) is 0.951. The molecule has 64 valence electrons. The maximum atomic E-state index is 5.96. The first-order chi connectivity index (χ1) is 5.87. The molecule has 7 atom stereocenters. The monoisotopic (exact) mass is 164 g/mol. The second kappa shape index (κ2) is 1.28. The summed E-state index contributed by atoms with van der Waals surface area (Å²) in [7, 11) is 0. The Hall–Kier alpha value is -0.0800. The van der Waals surface area contributed by atoms with Crippen LogP contribution in [0.1, 0.15) is 19.3 Å². The van der Waals surface area contributed by atoms with Gasteiger partial charge in [-0.2, -0.15) is 0 Å². The van der Waals surface area contributed by atoms with Gasteiger partial charge in [0.1, 0.15) is 0 Å². The maximum absolute atomic E-state index is 5.96. The second-order valence-corrected chi connectivity index (χ2v) is 5.35. The normalized spacial score (nSPS) is 80.0. The largest absolute Gasteiger partial charge is 0.371 e. The van der Waals surface area contributed by atoms with Crippen LogP contribution in [0.2, 0.25) is 0 Å². The summed E-state index contributed by atoms with van der Waals surface area (Å²) in [6.07, 6.45) is 6.06. The van der Waals surface area contributed by atoms with Crippen LogP contribution in [-0.4, -0.2) is 23.9 Å². The molecule has 0 radical (unpaired) electrons. The Kier molecular flexibility index (Phi) is 0.600. The highest BCUT2D eigenvalue weighted by Gasteiger charge is 2.78. The Labute approximate surface area is 71.2 Å². The molecule has 3 bridgehead atoms. The molecule has 3 heterocycles. The summed E-state index contributed by atoms with van der Waals surface area (Å²) in [5, 5.41) is 0. The van der Waals surface area contributed by atoms with Gasteiger partial charge in [0.2, 0.25) is 0 Å². The number of hydrogen-bond acceptors (Lipinski definition) is 2. The van der Waals surface area contributed by atoms with Crippen LogP contribution in [0, 0.1) is 17.8 Å². The Morgan fingerprint density at radius 1 is 1.17 bits per heavy atom. The molecule has 3 saturated heterocycles. The van der Waals surface area contributed by atoms with Gasteiger partial charge in [-0.25, -0.2) is 0 Å². The lowest BCUT2D eigenvalue weighted by Gasteiger charge is -2.50. The van der Waals surface area contributed by atoms with Gasteiger partial charge in [0, 0.05) is 6.42 Å². The lowest BCUT2D eigenvalue weighted by atomic mass is 9.73. The van der Waals surface area contributed by atoms with Crippen molar-refractivity contribution in [3.05, 3.63) is 0 Å². The zero-order chi connectivity index (χ0) is 7.50. The molecule has 6 rings (SSSR count). The van der Waals surface area contributed by atoms with E-state index in [1.807, 2.05) is 0 Å². The van der Waals surface area contributed by atoms with E-state index >= 15 is 0 Å². The van der Waals surface area contributed by atoms with E-state index in [9.17, 15) is 0 Å². The zero-order valence-corrected chi connectivity index (χ0v) is 6.90. The van der Waals surface area contributed by atoms with Crippen LogP contribution in [0.4, 0.5) is 0 Å². The molecule has 1 spiro atoms. The summed E-state index contributed by atoms with van der Waals surface area (Å²) in [6, 6.07) is 0. The van der Waals surface area contributed by atoms with Crippen LogP contribution in [0.5, 0.6) is 0 Å². The summed E-state index contributed by atoms with van der Waals surface area (Å²) < 4.78 is 11.6. The average Bonchev–Trinajstić information content (AvgIpc) is 2.48. The highest BCUT2D eigenvalue weighted by atomic mass is 16.6. The summed E-state index contributed by atoms with van der Waals surface area (Å²) in [6.45, 7) is 0. The van der Waals surface area contributed by atoms with E-state index in [4.69, 9.17) is 9.47 Å². The average molecular weight is 164 g/mol. The minimum Gasteiger partial charge on any atom is -0.371 e. The van der Waals surface area contributed by atoms with Gasteiger partial charge >= 0.3 is 0 Å². The number of hydrogen-bond donors (Lipinski definition) is 0. The lowest BCUT2D eigenvalue weighted by Crippen LogP contribution is -2.54. The molecule has 0 aromatic heterocycles. The standard InChI is InChI=1S/C10H12O2/c1-5-8(9-6(1)11-9)4-2-10(5)3-7(4)12-10/h4-9H,1-3H2. The quantitative estimate of drug-likeness (QED) is 0.497. The molecule has 0 amide bonds. The molecule has 3 aliphatic heterocycles. The van der Waals surface area contributed by atoms with Gasteiger partial charge in [-0.15, -0.1) is 0 Å². The number of rotatable bonds is 0. The molecular weight excluding hydrogens is 152 g/mol. The smallest absolute Gasteiger partial charge is 0.0877 e. The van der Waals surface area contributed by atoms with E-state index in [0.29, 0.717) is 23.9 Å². The van der Waals surface area contributed by atoms with Gasteiger partial charge in [0.15, 0.2) is 0 Å². The van der Waals surface area contributed by atoms with Gasteiger partial charge < -0.3 is 9.47 Å². The van der Waals surface area contributed by atoms with Crippen LogP contribution in [0.3, 0.4) is 0 Å². The van der Waals surface area contributed by atoms with Gasteiger partial charge in [0.25, 0.3) is 0 Å². The summed E-state index contributed by atoms with van der Waals surface area (Å²) in [5.41, 5.74) is 0.386. The third-order valence-electron chi connectivity index (χ3n) is 5.11. The van der Waals surface area contributed by atoms with Gasteiger partial charge in [0.05, 0.1) is 23.9 Å². The molecule has 2 nitrogen and oxygen atoms in total. The predicted molar refractivity (Wildman–Crippen MR) is 40.6 cm³/mol. The molecule has 6 aliphatic rings. The third-order valence-corrected chi connectivity index (χ3v) is 5.11. The Morgan fingerprint density at radius 2 is 2.08 bits per heavy atom. The Morgan fingerprint density at radius 3 is 2.92 bits per heavy atom. The number of epoxide rings is 1. The van der Waals surface area contributed by atoms with E-state index < -0.39 is 0 Å². The maximum Gasteiger partial charge on any atom is 0.0877 e. The number of ether oxygens (including phenoxy) is 2. The number of fused-ring (bicyclic) bond motifs is 3. The van der Waals surface area contributed by atoms with E-state index in [1.165, 1.54) is 19.3 Å². The fourth-order valence-electron chi connectivity index (χ4n) is 4.74. The fraction of sp³-hybridized carbons (Fsp3) is 1.00. The van der Waals surface area contributed by atoms with E-state index in [2.05, 4.69) is 0 Å². The fourth-order valence-corrected chi connectivity index (χ4v) is 4.74. The topological polar surface area (TPSA) is 21.8 Å². The lowest BCUT2D eigenvalue weighted by molar-refractivity contribution is -0.227. The molecule has 0 N–H and O–H groups in total. The van der Waals surface area contributed by atoms with Crippen molar-refractivity contribution in [2.24, 2.45) is 17.8 Å². The van der Waals surface area contributed by atoms with E-state index in [-0.39, 0.29) is 0 Å². The first kappa shape index (κ1) is 5.61. The molecule has 2 heteroatoms. The summed E-state index contributed by atoms with van der Waals surface area (Å²) >= 11 is 0. The van der Waals surface area contributed by atoms with Crippen molar-refractivity contribution in [2.75, 3.05) is 0 Å². The molecule has 7 unspecified atom stereocenters. The van der Waals surface area contributed by atoms with Crippen molar-refractivity contribution in [3.63, 3.8) is 0 Å². The van der Waals surface area contributed by atoms with Crippen LogP contribution in [0.25, 0.3) is 0 Å². The summed E-state index contributed by atoms with van der Waals surface area (Å²) in [5.74, 6) is 2.71. The van der Waals surface area contributed by atoms with Crippen molar-refractivity contribution in [3.8, 4) is 0 Å². The highest BCUT2D eigenvalue weighted by molar-refractivity contribution is 5.26. The van der Waals surface area contributed by atoms with E-state index in [1.54, 1.807) is 0 Å². The third kappa shape index (κ3) is 0.359. The minimum absolute atomic E-state index is 0.386. The second-order valence-electron chi connectivity index (χ2n) is 5.35. The van der Waals surface area contributed by atoms with Crippen molar-refractivity contribution in [1.29, 1.82) is 0 Å². The summed E-state index contributed by atoms with van der Waals surface area (Å²) in [4.78, 5) is 0. The SMILES string of the molecule is C1C2OC2C2C3CC4(CC3O4)C12. The minimum atomic E-state index is 0.386. The first-order valence-corrected chi connectivity index (χ1v) is 5.21. The van der Waals surface area contributed by atoms with Crippen molar-refractivity contribution >= 4 is 0 Å². The van der Waals surface area contributed by atoms with Gasteiger partial charge in [-0.3, -0.25) is 0 Å². The molecule has 6 fully saturated rings. The molecular formula is C10H12O2. The van der Waals surface area contributed by atoms with Crippen molar-refractivity contribution in [1.82, 2.24) is 0 Å². The van der Waals surface area contributed by atoms with Crippen LogP contribution in [-0.2, 0) is 9.47 Å². The highest BCUT2D eigenvalue weighted by Crippen LogP contribution is 2.73. The van der Waals surface area contributed by atoms with E-state index in [0.717, 1.165) is 17.8 Å².